The number of nitrogens with zero attached hydrogens (tertiary/aromatic N) is 1. The largest absolute Gasteiger partial charge is 0.319 e. The first-order valence-corrected chi connectivity index (χ1v) is 7.12. The normalized spacial score (nSPS) is 20.1. The minimum Gasteiger partial charge on any atom is -0.319 e. The monoisotopic (exact) mass is 282 g/mol. The summed E-state index contributed by atoms with van der Waals surface area (Å²) in [5.74, 6) is 0.827. The van der Waals surface area contributed by atoms with E-state index in [0.29, 0.717) is 0 Å². The van der Waals surface area contributed by atoms with E-state index >= 15 is 0 Å². The molecule has 1 saturated heterocycles. The molecule has 1 unspecified atom stereocenters. The second-order valence-electron chi connectivity index (χ2n) is 5.67. The van der Waals surface area contributed by atoms with E-state index in [1.54, 1.807) is 0 Å². The van der Waals surface area contributed by atoms with Crippen molar-refractivity contribution >= 4 is 12.4 Å². The Kier molecular flexibility index (Phi) is 6.84. The molecule has 1 N–H and O–H groups in total. The van der Waals surface area contributed by atoms with E-state index < -0.39 is 0 Å². The molecule has 0 bridgehead atoms. The van der Waals surface area contributed by atoms with Crippen molar-refractivity contribution in [2.45, 2.75) is 33.2 Å². The van der Waals surface area contributed by atoms with E-state index in [0.717, 1.165) is 19.0 Å². The van der Waals surface area contributed by atoms with Crippen LogP contribution in [0.4, 0.5) is 0 Å². The van der Waals surface area contributed by atoms with Crippen LogP contribution in [-0.4, -0.2) is 31.6 Å². The van der Waals surface area contributed by atoms with Crippen molar-refractivity contribution in [1.29, 1.82) is 0 Å². The molecule has 3 heteroatoms. The van der Waals surface area contributed by atoms with Gasteiger partial charge in [-0.1, -0.05) is 18.2 Å². The molecule has 2 rings (SSSR count). The molecule has 1 aliphatic rings. The number of benzene rings is 1. The highest BCUT2D eigenvalue weighted by atomic mass is 35.5. The zero-order valence-electron chi connectivity index (χ0n) is 12.4. The molecular weight excluding hydrogens is 256 g/mol. The number of piperidine rings is 1. The van der Waals surface area contributed by atoms with Crippen LogP contribution in [0.2, 0.25) is 0 Å². The van der Waals surface area contributed by atoms with Gasteiger partial charge in [0.2, 0.25) is 0 Å². The van der Waals surface area contributed by atoms with E-state index in [-0.39, 0.29) is 12.4 Å². The second kappa shape index (κ2) is 7.88. The molecule has 0 amide bonds. The van der Waals surface area contributed by atoms with Crippen LogP contribution >= 0.6 is 12.4 Å². The number of aryl methyl sites for hydroxylation is 2. The van der Waals surface area contributed by atoms with Gasteiger partial charge in [-0.05, 0) is 69.4 Å². The molecular formula is C16H27ClN2. The number of hydrogen-bond acceptors (Lipinski definition) is 2. The van der Waals surface area contributed by atoms with Gasteiger partial charge in [0.25, 0.3) is 0 Å². The molecule has 1 aromatic rings. The third kappa shape index (κ3) is 4.48. The van der Waals surface area contributed by atoms with E-state index in [9.17, 15) is 0 Å². The lowest BCUT2D eigenvalue weighted by Crippen LogP contribution is -2.38. The van der Waals surface area contributed by atoms with Gasteiger partial charge in [0.15, 0.2) is 0 Å². The zero-order chi connectivity index (χ0) is 13.0. The predicted molar refractivity (Wildman–Crippen MR) is 85.1 cm³/mol. The lowest BCUT2D eigenvalue weighted by molar-refractivity contribution is 0.166. The summed E-state index contributed by atoms with van der Waals surface area (Å²) >= 11 is 0. The van der Waals surface area contributed by atoms with Crippen LogP contribution in [0.3, 0.4) is 0 Å². The maximum atomic E-state index is 3.32. The number of hydrogen-bond donors (Lipinski definition) is 1. The Morgan fingerprint density at radius 2 is 1.95 bits per heavy atom. The van der Waals surface area contributed by atoms with Gasteiger partial charge in [-0.15, -0.1) is 12.4 Å². The van der Waals surface area contributed by atoms with Crippen LogP contribution in [0.25, 0.3) is 0 Å². The second-order valence-corrected chi connectivity index (χ2v) is 5.67. The molecule has 0 saturated carbocycles. The molecule has 1 aliphatic heterocycles. The first kappa shape index (κ1) is 16.5. The predicted octanol–water partition coefficient (Wildman–Crippen LogP) is 3.16. The summed E-state index contributed by atoms with van der Waals surface area (Å²) in [5.41, 5.74) is 4.40. The Bertz CT molecular complexity index is 370. The zero-order valence-corrected chi connectivity index (χ0v) is 13.2. The van der Waals surface area contributed by atoms with Crippen molar-refractivity contribution in [3.05, 3.63) is 34.9 Å². The maximum absolute atomic E-state index is 3.32. The first-order chi connectivity index (χ1) is 8.70. The summed E-state index contributed by atoms with van der Waals surface area (Å²) in [7, 11) is 2.06. The SMILES string of the molecule is CNCC1CCCN(Cc2c(C)cccc2C)C1.Cl. The van der Waals surface area contributed by atoms with Gasteiger partial charge in [0.05, 0.1) is 0 Å². The van der Waals surface area contributed by atoms with Crippen molar-refractivity contribution < 1.29 is 0 Å². The standard InChI is InChI=1S/C16H26N2.ClH/c1-13-6-4-7-14(2)16(13)12-18-9-5-8-15(11-18)10-17-3;/h4,6-7,15,17H,5,8-12H2,1-3H3;1H. The summed E-state index contributed by atoms with van der Waals surface area (Å²) in [6.45, 7) is 9.25. The summed E-state index contributed by atoms with van der Waals surface area (Å²) in [6, 6.07) is 6.63. The Balaban J connectivity index is 0.00000180. The summed E-state index contributed by atoms with van der Waals surface area (Å²) in [5, 5.41) is 3.32. The van der Waals surface area contributed by atoms with E-state index in [1.165, 1.54) is 42.6 Å². The van der Waals surface area contributed by atoms with Gasteiger partial charge >= 0.3 is 0 Å². The lowest BCUT2D eigenvalue weighted by Gasteiger charge is -2.33. The van der Waals surface area contributed by atoms with Crippen molar-refractivity contribution in [2.24, 2.45) is 5.92 Å². The Morgan fingerprint density at radius 3 is 2.58 bits per heavy atom. The topological polar surface area (TPSA) is 15.3 Å². The Morgan fingerprint density at radius 1 is 1.26 bits per heavy atom. The van der Waals surface area contributed by atoms with E-state index in [1.807, 2.05) is 0 Å². The molecule has 108 valence electrons. The van der Waals surface area contributed by atoms with Crippen LogP contribution in [0.5, 0.6) is 0 Å². The third-order valence-corrected chi connectivity index (χ3v) is 4.12. The smallest absolute Gasteiger partial charge is 0.0239 e. The van der Waals surface area contributed by atoms with Crippen molar-refractivity contribution in [2.75, 3.05) is 26.7 Å². The fourth-order valence-electron chi connectivity index (χ4n) is 3.07. The van der Waals surface area contributed by atoms with Crippen LogP contribution in [0.15, 0.2) is 18.2 Å². The minimum absolute atomic E-state index is 0. The van der Waals surface area contributed by atoms with Crippen LogP contribution < -0.4 is 5.32 Å². The van der Waals surface area contributed by atoms with Gasteiger partial charge < -0.3 is 5.32 Å². The average Bonchev–Trinajstić information content (AvgIpc) is 2.35. The van der Waals surface area contributed by atoms with Gasteiger partial charge in [0, 0.05) is 13.1 Å². The molecule has 19 heavy (non-hydrogen) atoms. The highest BCUT2D eigenvalue weighted by molar-refractivity contribution is 5.85. The van der Waals surface area contributed by atoms with Gasteiger partial charge in [-0.3, -0.25) is 4.90 Å². The molecule has 0 radical (unpaired) electrons. The molecule has 1 fully saturated rings. The van der Waals surface area contributed by atoms with Crippen molar-refractivity contribution in [1.82, 2.24) is 10.2 Å². The molecule has 0 aromatic heterocycles. The average molecular weight is 283 g/mol. The maximum Gasteiger partial charge on any atom is 0.0239 e. The van der Waals surface area contributed by atoms with Crippen molar-refractivity contribution in [3.63, 3.8) is 0 Å². The fraction of sp³-hybridized carbons (Fsp3) is 0.625. The fourth-order valence-corrected chi connectivity index (χ4v) is 3.07. The molecule has 1 aromatic carbocycles. The summed E-state index contributed by atoms with van der Waals surface area (Å²) < 4.78 is 0. The van der Waals surface area contributed by atoms with Crippen LogP contribution in [0, 0.1) is 19.8 Å². The van der Waals surface area contributed by atoms with E-state index in [4.69, 9.17) is 0 Å². The van der Waals surface area contributed by atoms with Gasteiger partial charge in [0.1, 0.15) is 0 Å². The minimum atomic E-state index is 0. The summed E-state index contributed by atoms with van der Waals surface area (Å²) in [6.07, 6.45) is 2.72. The third-order valence-electron chi connectivity index (χ3n) is 4.12. The van der Waals surface area contributed by atoms with E-state index in [2.05, 4.69) is 49.3 Å². The van der Waals surface area contributed by atoms with Crippen molar-refractivity contribution in [3.8, 4) is 0 Å². The number of rotatable bonds is 4. The van der Waals surface area contributed by atoms with Gasteiger partial charge in [-0.2, -0.15) is 0 Å². The quantitative estimate of drug-likeness (QED) is 0.913. The Hall–Kier alpha value is -0.570. The van der Waals surface area contributed by atoms with Crippen LogP contribution in [0.1, 0.15) is 29.5 Å². The summed E-state index contributed by atoms with van der Waals surface area (Å²) in [4.78, 5) is 2.63. The molecule has 0 aliphatic carbocycles. The number of likely N-dealkylation sites (tertiary alicyclic amines) is 1. The van der Waals surface area contributed by atoms with Gasteiger partial charge in [-0.25, -0.2) is 0 Å². The molecule has 0 spiro atoms. The molecule has 1 atom stereocenters. The lowest BCUT2D eigenvalue weighted by atomic mass is 9.96. The first-order valence-electron chi connectivity index (χ1n) is 7.12. The Labute approximate surface area is 124 Å². The highest BCUT2D eigenvalue weighted by Gasteiger charge is 2.20. The number of halogens is 1. The highest BCUT2D eigenvalue weighted by Crippen LogP contribution is 2.21. The molecule has 1 heterocycles. The molecule has 2 nitrogen and oxygen atoms in total. The van der Waals surface area contributed by atoms with Crippen LogP contribution in [-0.2, 0) is 6.54 Å². The number of nitrogens with one attached hydrogen (secondary N) is 1.